The highest BCUT2D eigenvalue weighted by atomic mass is 32.2. The van der Waals surface area contributed by atoms with Gasteiger partial charge in [-0.05, 0) is 59.5 Å². The van der Waals surface area contributed by atoms with E-state index in [4.69, 9.17) is 4.98 Å². The van der Waals surface area contributed by atoms with E-state index >= 15 is 0 Å². The predicted molar refractivity (Wildman–Crippen MR) is 158 cm³/mol. The summed E-state index contributed by atoms with van der Waals surface area (Å²) in [6.45, 7) is 2.69. The van der Waals surface area contributed by atoms with Gasteiger partial charge < -0.3 is 9.67 Å². The first kappa shape index (κ1) is 27.1. The number of anilines is 1. The van der Waals surface area contributed by atoms with Gasteiger partial charge in [-0.25, -0.2) is 18.2 Å². The summed E-state index contributed by atoms with van der Waals surface area (Å²) in [5.74, 6) is -0.0111. The van der Waals surface area contributed by atoms with Crippen LogP contribution < -0.4 is 4.31 Å². The van der Waals surface area contributed by atoms with Crippen LogP contribution in [0, 0.1) is 0 Å². The lowest BCUT2D eigenvalue weighted by molar-refractivity contribution is 0.0697. The van der Waals surface area contributed by atoms with Gasteiger partial charge in [-0.3, -0.25) is 4.31 Å². The van der Waals surface area contributed by atoms with Crippen LogP contribution in [0.2, 0.25) is 0 Å². The molecule has 5 aromatic rings. The number of hydrogen-bond acceptors (Lipinski definition) is 4. The van der Waals surface area contributed by atoms with Gasteiger partial charge in [0.15, 0.2) is 0 Å². The van der Waals surface area contributed by atoms with Gasteiger partial charge in [0.25, 0.3) is 10.0 Å². The largest absolute Gasteiger partial charge is 0.478 e. The number of aryl methyl sites for hydroxylation is 1. The molecule has 0 unspecified atom stereocenters. The van der Waals surface area contributed by atoms with E-state index in [0.29, 0.717) is 17.8 Å². The molecule has 0 saturated carbocycles. The Kier molecular flexibility index (Phi) is 7.71. The molecule has 1 heterocycles. The highest BCUT2D eigenvalue weighted by molar-refractivity contribution is 7.92. The van der Waals surface area contributed by atoms with Crippen molar-refractivity contribution in [3.8, 4) is 11.1 Å². The summed E-state index contributed by atoms with van der Waals surface area (Å²) in [6.07, 6.45) is 2.83. The molecular formula is C32H31N3O4S. The Morgan fingerprint density at radius 1 is 0.925 bits per heavy atom. The highest BCUT2D eigenvalue weighted by Crippen LogP contribution is 2.29. The van der Waals surface area contributed by atoms with E-state index in [1.807, 2.05) is 48.5 Å². The monoisotopic (exact) mass is 553 g/mol. The molecule has 0 atom stereocenters. The third-order valence-electron chi connectivity index (χ3n) is 7.09. The van der Waals surface area contributed by atoms with Gasteiger partial charge in [-0.1, -0.05) is 74.0 Å². The number of aromatic carboxylic acids is 1. The summed E-state index contributed by atoms with van der Waals surface area (Å²) >= 11 is 0. The van der Waals surface area contributed by atoms with Gasteiger partial charge in [-0.2, -0.15) is 0 Å². The lowest BCUT2D eigenvalue weighted by Gasteiger charge is -2.20. The van der Waals surface area contributed by atoms with E-state index in [2.05, 4.69) is 11.5 Å². The minimum atomic E-state index is -3.72. The molecule has 0 saturated heterocycles. The van der Waals surface area contributed by atoms with Gasteiger partial charge >= 0.3 is 5.97 Å². The first-order chi connectivity index (χ1) is 19.3. The number of sulfonamides is 1. The van der Waals surface area contributed by atoms with Gasteiger partial charge in [0.05, 0.1) is 27.2 Å². The molecule has 4 aromatic carbocycles. The summed E-state index contributed by atoms with van der Waals surface area (Å²) < 4.78 is 30.0. The number of hydrogen-bond donors (Lipinski definition) is 1. The van der Waals surface area contributed by atoms with Crippen molar-refractivity contribution in [1.29, 1.82) is 0 Å². The Hall–Kier alpha value is -4.43. The van der Waals surface area contributed by atoms with Crippen molar-refractivity contribution in [2.24, 2.45) is 0 Å². The Labute approximate surface area is 234 Å². The first-order valence-corrected chi connectivity index (χ1v) is 14.7. The topological polar surface area (TPSA) is 92.5 Å². The average Bonchev–Trinajstić information content (AvgIpc) is 3.32. The van der Waals surface area contributed by atoms with Gasteiger partial charge in [-0.15, -0.1) is 0 Å². The number of unbranched alkanes of at least 4 members (excludes halogenated alkanes) is 1. The average molecular weight is 554 g/mol. The van der Waals surface area contributed by atoms with Crippen molar-refractivity contribution in [2.45, 2.75) is 37.6 Å². The fourth-order valence-corrected chi connectivity index (χ4v) is 6.05. The Balaban J connectivity index is 1.51. The van der Waals surface area contributed by atoms with Crippen LogP contribution in [0.25, 0.3) is 22.2 Å². The summed E-state index contributed by atoms with van der Waals surface area (Å²) in [4.78, 5) is 16.8. The van der Waals surface area contributed by atoms with E-state index in [9.17, 15) is 18.3 Å². The van der Waals surface area contributed by atoms with Crippen LogP contribution in [-0.2, 0) is 23.0 Å². The van der Waals surface area contributed by atoms with Gasteiger partial charge in [0.2, 0.25) is 0 Å². The minimum absolute atomic E-state index is 0.235. The molecule has 0 fully saturated rings. The highest BCUT2D eigenvalue weighted by Gasteiger charge is 2.22. The van der Waals surface area contributed by atoms with E-state index in [1.165, 1.54) is 4.31 Å². The molecule has 0 aliphatic carbocycles. The van der Waals surface area contributed by atoms with Crippen LogP contribution in [0.1, 0.15) is 41.5 Å². The maximum absolute atomic E-state index is 13.3. The molecule has 0 spiro atoms. The molecular weight excluding hydrogens is 522 g/mol. The zero-order valence-electron chi connectivity index (χ0n) is 22.5. The van der Waals surface area contributed by atoms with Crippen molar-refractivity contribution >= 4 is 32.7 Å². The zero-order valence-corrected chi connectivity index (χ0v) is 23.3. The second-order valence-electron chi connectivity index (χ2n) is 9.72. The maximum atomic E-state index is 13.3. The maximum Gasteiger partial charge on any atom is 0.336 e. The second kappa shape index (κ2) is 11.4. The number of carboxylic acids is 1. The normalized spacial score (nSPS) is 11.6. The fraction of sp³-hybridized carbons (Fsp3) is 0.188. The number of nitrogens with zero attached hydrogens (tertiary/aromatic N) is 3. The molecule has 0 aliphatic rings. The molecule has 0 amide bonds. The predicted octanol–water partition coefficient (Wildman–Crippen LogP) is 6.62. The number of aromatic nitrogens is 2. The quantitative estimate of drug-likeness (QED) is 0.210. The first-order valence-electron chi connectivity index (χ1n) is 13.2. The Bertz CT molecular complexity index is 1760. The van der Waals surface area contributed by atoms with E-state index < -0.39 is 16.0 Å². The second-order valence-corrected chi connectivity index (χ2v) is 11.7. The van der Waals surface area contributed by atoms with Crippen LogP contribution >= 0.6 is 0 Å². The summed E-state index contributed by atoms with van der Waals surface area (Å²) in [5.41, 5.74) is 5.03. The van der Waals surface area contributed by atoms with E-state index in [1.54, 1.807) is 55.6 Å². The molecule has 1 aromatic heterocycles. The molecule has 1 N–H and O–H groups in total. The molecule has 5 rings (SSSR count). The standard InChI is InChI=1S/C32H31N3O4S/c1-3-4-14-31-33-29-20-19-25(34(2)40(38,39)26-10-6-5-7-11-26)21-30(29)35(31)22-23-15-17-24(18-16-23)27-12-8-9-13-28(27)32(36)37/h5-13,15-21H,3-4,14,22H2,1-2H3,(H,36,37). The Morgan fingerprint density at radius 3 is 2.33 bits per heavy atom. The van der Waals surface area contributed by atoms with Crippen LogP contribution in [0.15, 0.2) is 102 Å². The minimum Gasteiger partial charge on any atom is -0.478 e. The van der Waals surface area contributed by atoms with Gasteiger partial charge in [0, 0.05) is 20.0 Å². The molecule has 0 bridgehead atoms. The zero-order chi connectivity index (χ0) is 28.3. The number of carbonyl (C=O) groups is 1. The molecule has 204 valence electrons. The van der Waals surface area contributed by atoms with Crippen molar-refractivity contribution in [3.63, 3.8) is 0 Å². The molecule has 8 heteroatoms. The van der Waals surface area contributed by atoms with Crippen LogP contribution in [-0.4, -0.2) is 36.1 Å². The number of imidazole rings is 1. The van der Waals surface area contributed by atoms with Crippen molar-refractivity contribution in [3.05, 3.63) is 114 Å². The third-order valence-corrected chi connectivity index (χ3v) is 8.89. The molecule has 7 nitrogen and oxygen atoms in total. The number of benzene rings is 4. The van der Waals surface area contributed by atoms with E-state index in [0.717, 1.165) is 47.2 Å². The van der Waals surface area contributed by atoms with Crippen molar-refractivity contribution in [2.75, 3.05) is 11.4 Å². The smallest absolute Gasteiger partial charge is 0.336 e. The molecule has 0 radical (unpaired) electrons. The number of rotatable bonds is 10. The molecule has 0 aliphatic heterocycles. The van der Waals surface area contributed by atoms with Crippen molar-refractivity contribution in [1.82, 2.24) is 9.55 Å². The van der Waals surface area contributed by atoms with Crippen LogP contribution in [0.4, 0.5) is 5.69 Å². The van der Waals surface area contributed by atoms with Crippen LogP contribution in [0.5, 0.6) is 0 Å². The van der Waals surface area contributed by atoms with Crippen LogP contribution in [0.3, 0.4) is 0 Å². The lowest BCUT2D eigenvalue weighted by atomic mass is 9.99. The van der Waals surface area contributed by atoms with Crippen molar-refractivity contribution < 1.29 is 18.3 Å². The number of carboxylic acid groups (broad SMARTS) is 1. The fourth-order valence-electron chi connectivity index (χ4n) is 4.84. The third kappa shape index (κ3) is 5.35. The summed E-state index contributed by atoms with van der Waals surface area (Å²) in [6, 6.07) is 28.8. The summed E-state index contributed by atoms with van der Waals surface area (Å²) in [5, 5.41) is 9.58. The Morgan fingerprint density at radius 2 is 1.62 bits per heavy atom. The lowest BCUT2D eigenvalue weighted by Crippen LogP contribution is -2.26. The SMILES string of the molecule is CCCCc1nc2ccc(N(C)S(=O)(=O)c3ccccc3)cc2n1Cc1ccc(-c2ccccc2C(=O)O)cc1. The summed E-state index contributed by atoms with van der Waals surface area (Å²) in [7, 11) is -2.15. The number of fused-ring (bicyclic) bond motifs is 1. The van der Waals surface area contributed by atoms with E-state index in [-0.39, 0.29) is 10.5 Å². The van der Waals surface area contributed by atoms with Gasteiger partial charge in [0.1, 0.15) is 5.82 Å². The molecule has 40 heavy (non-hydrogen) atoms.